The van der Waals surface area contributed by atoms with Gasteiger partial charge in [-0.15, -0.1) is 0 Å². The fraction of sp³-hybridized carbons (Fsp3) is 0.0741. The third-order valence-electron chi connectivity index (χ3n) is 5.63. The van der Waals surface area contributed by atoms with Crippen molar-refractivity contribution in [2.75, 3.05) is 7.11 Å². The molecule has 36 heavy (non-hydrogen) atoms. The van der Waals surface area contributed by atoms with Gasteiger partial charge < -0.3 is 10.5 Å². The van der Waals surface area contributed by atoms with Crippen LogP contribution < -0.4 is 27.3 Å². The van der Waals surface area contributed by atoms with E-state index in [0.717, 1.165) is 34.3 Å². The van der Waals surface area contributed by atoms with Crippen molar-refractivity contribution in [3.05, 3.63) is 101 Å². The maximum absolute atomic E-state index is 13.8. The molecule has 5 aromatic rings. The van der Waals surface area contributed by atoms with E-state index in [1.165, 1.54) is 4.52 Å². The molecule has 0 saturated heterocycles. The highest BCUT2D eigenvalue weighted by Crippen LogP contribution is 2.34. The van der Waals surface area contributed by atoms with Gasteiger partial charge in [0.25, 0.3) is 5.56 Å². The molecule has 9 nitrogen and oxygen atoms in total. The zero-order valence-corrected chi connectivity index (χ0v) is 19.7. The number of methoxy groups -OCH3 is 1. The van der Waals surface area contributed by atoms with E-state index in [9.17, 15) is 4.79 Å². The maximum atomic E-state index is 13.8. The molecule has 182 valence electrons. The number of nitrogens with one attached hydrogen (secondary N) is 3. The summed E-state index contributed by atoms with van der Waals surface area (Å²) < 4.78 is 6.78. The van der Waals surface area contributed by atoms with Crippen molar-refractivity contribution in [1.29, 1.82) is 5.41 Å². The summed E-state index contributed by atoms with van der Waals surface area (Å²) in [7, 11) is 1.61. The predicted octanol–water partition coefficient (Wildman–Crippen LogP) is 3.55. The minimum atomic E-state index is -0.199. The molecule has 0 saturated carbocycles. The van der Waals surface area contributed by atoms with Gasteiger partial charge in [0.05, 0.1) is 42.5 Å². The maximum Gasteiger partial charge on any atom is 0.280 e. The number of fused-ring (bicyclic) bond motifs is 1. The first-order valence-corrected chi connectivity index (χ1v) is 11.2. The fourth-order valence-electron chi connectivity index (χ4n) is 4.08. The second kappa shape index (κ2) is 11.1. The predicted molar refractivity (Wildman–Crippen MR) is 143 cm³/mol. The Morgan fingerprint density at radius 2 is 1.50 bits per heavy atom. The largest absolute Gasteiger partial charge is 0.497 e. The van der Waals surface area contributed by atoms with Crippen LogP contribution in [-0.4, -0.2) is 28.0 Å². The molecule has 0 bridgehead atoms. The Bertz CT molecular complexity index is 1510. The van der Waals surface area contributed by atoms with Crippen molar-refractivity contribution in [3.63, 3.8) is 0 Å². The van der Waals surface area contributed by atoms with Gasteiger partial charge in [0, 0.05) is 5.56 Å². The normalized spacial score (nSPS) is 10.5. The monoisotopic (exact) mass is 481 g/mol. The van der Waals surface area contributed by atoms with Crippen LogP contribution in [0.1, 0.15) is 5.69 Å². The van der Waals surface area contributed by atoms with Crippen LogP contribution in [0.15, 0.2) is 89.7 Å². The average molecular weight is 482 g/mol. The summed E-state index contributed by atoms with van der Waals surface area (Å²) in [5.74, 6) is 6.38. The summed E-state index contributed by atoms with van der Waals surface area (Å²) >= 11 is 0. The van der Waals surface area contributed by atoms with Crippen LogP contribution in [0.4, 0.5) is 0 Å². The fourth-order valence-corrected chi connectivity index (χ4v) is 4.08. The highest BCUT2D eigenvalue weighted by atomic mass is 16.5. The first kappa shape index (κ1) is 24.4. The number of aromatic nitrogens is 3. The Labute approximate surface area is 207 Å². The molecule has 0 aliphatic rings. The molecular weight excluding hydrogens is 454 g/mol. The number of hydrazine groups is 1. The molecule has 3 aromatic carbocycles. The van der Waals surface area contributed by atoms with Crippen LogP contribution >= 0.6 is 0 Å². The molecule has 9 heteroatoms. The van der Waals surface area contributed by atoms with Crippen molar-refractivity contribution in [1.82, 2.24) is 20.0 Å². The molecule has 2 heterocycles. The number of hydrogen-bond acceptors (Lipinski definition) is 6. The second-order valence-electron chi connectivity index (χ2n) is 7.77. The molecule has 0 aliphatic heterocycles. The van der Waals surface area contributed by atoms with Crippen molar-refractivity contribution >= 4 is 12.0 Å². The Morgan fingerprint density at radius 1 is 0.944 bits per heavy atom. The van der Waals surface area contributed by atoms with E-state index in [1.54, 1.807) is 7.11 Å². The lowest BCUT2D eigenvalue weighted by Gasteiger charge is -2.10. The lowest BCUT2D eigenvalue weighted by molar-refractivity contribution is 0.415. The lowest BCUT2D eigenvalue weighted by Crippen LogP contribution is -2.26. The Balaban J connectivity index is 0.000000967. The van der Waals surface area contributed by atoms with Gasteiger partial charge in [-0.3, -0.25) is 26.6 Å². The molecule has 7 N–H and O–H groups in total. The highest BCUT2D eigenvalue weighted by Gasteiger charge is 2.22. The van der Waals surface area contributed by atoms with E-state index in [-0.39, 0.29) is 12.1 Å². The average Bonchev–Trinajstić information content (AvgIpc) is 3.30. The number of aromatic amines is 1. The number of hydrogen-bond donors (Lipinski definition) is 5. The molecule has 5 rings (SSSR count). The zero-order valence-electron chi connectivity index (χ0n) is 19.7. The Morgan fingerprint density at radius 3 is 2.06 bits per heavy atom. The van der Waals surface area contributed by atoms with Gasteiger partial charge in [0.2, 0.25) is 0 Å². The van der Waals surface area contributed by atoms with Gasteiger partial charge in [-0.25, -0.2) is 4.98 Å². The highest BCUT2D eigenvalue weighted by molar-refractivity contribution is 5.91. The lowest BCUT2D eigenvalue weighted by atomic mass is 10.0. The SMILES string of the molecule is COc1ccc(-c2c(CNN)nc3c(-c4ccccc4)c(-c4ccccc4)[nH]n3c2=O)cc1.N=CN. The quantitative estimate of drug-likeness (QED) is 0.108. The third kappa shape index (κ3) is 4.74. The van der Waals surface area contributed by atoms with Crippen LogP contribution in [0, 0.1) is 5.41 Å². The first-order chi connectivity index (χ1) is 17.6. The number of H-pyrrole nitrogens is 1. The summed E-state index contributed by atoms with van der Waals surface area (Å²) in [6, 6.07) is 27.2. The molecule has 0 spiro atoms. The third-order valence-corrected chi connectivity index (χ3v) is 5.63. The van der Waals surface area contributed by atoms with E-state index in [2.05, 4.69) is 16.3 Å². The van der Waals surface area contributed by atoms with Gasteiger partial charge in [-0.05, 0) is 23.3 Å². The van der Waals surface area contributed by atoms with E-state index in [0.29, 0.717) is 22.7 Å². The van der Waals surface area contributed by atoms with E-state index in [1.807, 2.05) is 84.9 Å². The molecule has 0 fully saturated rings. The van der Waals surface area contributed by atoms with Gasteiger partial charge in [-0.1, -0.05) is 72.8 Å². The van der Waals surface area contributed by atoms with Gasteiger partial charge in [-0.2, -0.15) is 4.52 Å². The topological polar surface area (TPSA) is 147 Å². The minimum Gasteiger partial charge on any atom is -0.497 e. The van der Waals surface area contributed by atoms with Crippen molar-refractivity contribution in [3.8, 4) is 39.3 Å². The standard InChI is InChI=1S/C26H23N5O2.CH4N2/c1-33-20-14-12-18(13-15-20)22-21(16-28-27)29-25-23(17-8-4-2-5-9-17)24(30-31(25)26(22)32)19-10-6-3-7-11-19;2-1-3/h2-15,28,30H,16,27H2,1H3;1H,(H3,2,3). The Hall–Kier alpha value is -4.73. The van der Waals surface area contributed by atoms with Crippen LogP contribution in [0.5, 0.6) is 5.75 Å². The minimum absolute atomic E-state index is 0.199. The molecule has 2 aromatic heterocycles. The molecule has 0 atom stereocenters. The summed E-state index contributed by atoms with van der Waals surface area (Å²) in [6.45, 7) is 0.243. The van der Waals surface area contributed by atoms with E-state index >= 15 is 0 Å². The number of nitrogens with zero attached hydrogens (tertiary/aromatic N) is 2. The molecule has 0 aliphatic carbocycles. The Kier molecular flexibility index (Phi) is 7.54. The summed E-state index contributed by atoms with van der Waals surface area (Å²) in [5.41, 5.74) is 12.8. The summed E-state index contributed by atoms with van der Waals surface area (Å²) in [4.78, 5) is 18.7. The molecule has 0 unspecified atom stereocenters. The first-order valence-electron chi connectivity index (χ1n) is 11.2. The molecule has 0 amide bonds. The van der Waals surface area contributed by atoms with Crippen molar-refractivity contribution < 1.29 is 4.74 Å². The van der Waals surface area contributed by atoms with Crippen LogP contribution in [0.25, 0.3) is 39.2 Å². The van der Waals surface area contributed by atoms with Gasteiger partial charge in [0.1, 0.15) is 5.75 Å². The van der Waals surface area contributed by atoms with Crippen LogP contribution in [0.2, 0.25) is 0 Å². The number of benzene rings is 3. The number of rotatable bonds is 6. The van der Waals surface area contributed by atoms with Crippen LogP contribution in [-0.2, 0) is 6.54 Å². The smallest absolute Gasteiger partial charge is 0.280 e. The molecule has 0 radical (unpaired) electrons. The van der Waals surface area contributed by atoms with Gasteiger partial charge in [0.15, 0.2) is 5.65 Å². The number of nitrogens with two attached hydrogens (primary N) is 2. The summed E-state index contributed by atoms with van der Waals surface area (Å²) in [6.07, 6.45) is 0.750. The molecular formula is C27H27N7O2. The second-order valence-corrected chi connectivity index (χ2v) is 7.77. The van der Waals surface area contributed by atoms with Crippen molar-refractivity contribution in [2.24, 2.45) is 11.6 Å². The number of ether oxygens (including phenoxy) is 1. The zero-order chi connectivity index (χ0) is 25.5. The van der Waals surface area contributed by atoms with E-state index in [4.69, 9.17) is 21.0 Å². The van der Waals surface area contributed by atoms with Gasteiger partial charge >= 0.3 is 0 Å². The summed E-state index contributed by atoms with van der Waals surface area (Å²) in [5, 5.41) is 9.18. The van der Waals surface area contributed by atoms with Crippen LogP contribution in [0.3, 0.4) is 0 Å². The van der Waals surface area contributed by atoms with E-state index < -0.39 is 0 Å². The van der Waals surface area contributed by atoms with Crippen molar-refractivity contribution in [2.45, 2.75) is 6.54 Å².